The van der Waals surface area contributed by atoms with Crippen LogP contribution in [0.5, 0.6) is 0 Å². The summed E-state index contributed by atoms with van der Waals surface area (Å²) in [5.41, 5.74) is 25.0. The summed E-state index contributed by atoms with van der Waals surface area (Å²) < 4.78 is 5.46. The lowest BCUT2D eigenvalue weighted by molar-refractivity contribution is 1.32. The third-order valence-electron chi connectivity index (χ3n) is 12.1. The molecule has 0 aliphatic carbocycles. The van der Waals surface area contributed by atoms with Gasteiger partial charge in [0.1, 0.15) is 0 Å². The van der Waals surface area contributed by atoms with Gasteiger partial charge in [-0.05, 0) is 92.3 Å². The third kappa shape index (κ3) is 2.48. The van der Waals surface area contributed by atoms with Gasteiger partial charge in [0, 0.05) is 54.7 Å². The number of hydrogen-bond acceptors (Lipinski definition) is 0. The summed E-state index contributed by atoms with van der Waals surface area (Å²) in [7, 11) is 0. The zero-order chi connectivity index (χ0) is 31.2. The molecule has 2 nitrogen and oxygen atoms in total. The van der Waals surface area contributed by atoms with E-state index in [1.165, 1.54) is 121 Å². The number of aryl methyl sites for hydroxylation is 2. The second kappa shape index (κ2) is 7.86. The quantitative estimate of drug-likeness (QED) is 0.157. The first-order valence-electron chi connectivity index (χ1n) is 17.2. The molecule has 0 amide bonds. The lowest BCUT2D eigenvalue weighted by Crippen LogP contribution is -2.48. The number of rotatable bonds is 0. The molecule has 0 saturated heterocycles. The smallest absolute Gasteiger partial charge is 0.330 e. The van der Waals surface area contributed by atoms with Crippen molar-refractivity contribution >= 4 is 79.2 Å². The lowest BCUT2D eigenvalue weighted by atomic mass is 9.49. The molecule has 48 heavy (non-hydrogen) atoms. The predicted molar refractivity (Wildman–Crippen MR) is 205 cm³/mol. The summed E-state index contributed by atoms with van der Waals surface area (Å²) in [6, 6.07) is 46.6. The molecule has 0 N–H and O–H groups in total. The van der Waals surface area contributed by atoms with Gasteiger partial charge in [0.2, 0.25) is 0 Å². The molecule has 0 spiro atoms. The minimum absolute atomic E-state index is 0.142. The topological polar surface area (TPSA) is 9.86 Å². The number of aromatic nitrogens is 2. The maximum Gasteiger partial charge on any atom is 0.330 e. The van der Waals surface area contributed by atoms with Crippen molar-refractivity contribution in [1.82, 2.24) is 8.96 Å². The van der Waals surface area contributed by atoms with Crippen molar-refractivity contribution in [2.45, 2.75) is 13.8 Å². The van der Waals surface area contributed by atoms with Crippen LogP contribution in [0.25, 0.3) is 88.1 Å². The van der Waals surface area contributed by atoms with Crippen LogP contribution in [-0.4, -0.2) is 22.7 Å². The molecule has 4 aliphatic rings. The highest BCUT2D eigenvalue weighted by Crippen LogP contribution is 2.54. The standard InChI is InChI=1S/C44H26B2N2/c1-23-19-29-25-11-3-7-15-33(25)45-41(29)31(21-23)39-37-27-13-5-9-17-35(27)48-44(37)40(38-28-14-6-10-18-36(28)47(45)43(38)39)32-22-24(2)20-30-26-12-4-8-16-34(26)46(48)42(30)32/h3-22H,1-2H3. The van der Waals surface area contributed by atoms with E-state index in [1.54, 1.807) is 0 Å². The second-order valence-electron chi connectivity index (χ2n) is 14.5. The van der Waals surface area contributed by atoms with Crippen LogP contribution >= 0.6 is 0 Å². The lowest BCUT2D eigenvalue weighted by Gasteiger charge is -2.30. The van der Waals surface area contributed by atoms with Crippen molar-refractivity contribution in [3.63, 3.8) is 0 Å². The first-order chi connectivity index (χ1) is 23.7. The number of benzene rings is 7. The normalized spacial score (nSPS) is 14.0. The average molecular weight is 604 g/mol. The van der Waals surface area contributed by atoms with E-state index in [0.717, 1.165) is 0 Å². The van der Waals surface area contributed by atoms with Crippen molar-refractivity contribution in [2.75, 3.05) is 0 Å². The summed E-state index contributed by atoms with van der Waals surface area (Å²) in [6.07, 6.45) is 0. The van der Waals surface area contributed by atoms with E-state index < -0.39 is 0 Å². The minimum atomic E-state index is 0.142. The predicted octanol–water partition coefficient (Wildman–Crippen LogP) is 7.75. The number of fused-ring (bicyclic) bond motifs is 18. The van der Waals surface area contributed by atoms with E-state index in [1.807, 2.05) is 0 Å². The Morgan fingerprint density at radius 3 is 1.29 bits per heavy atom. The van der Waals surface area contributed by atoms with Crippen LogP contribution in [0.3, 0.4) is 0 Å². The molecule has 13 rings (SSSR count). The third-order valence-corrected chi connectivity index (χ3v) is 12.1. The van der Waals surface area contributed by atoms with Crippen LogP contribution in [0.2, 0.25) is 0 Å². The van der Waals surface area contributed by atoms with Gasteiger partial charge in [0.25, 0.3) is 0 Å². The highest BCUT2D eigenvalue weighted by molar-refractivity contribution is 6.93. The molecule has 6 heterocycles. The number of hydrogen-bond donors (Lipinski definition) is 0. The van der Waals surface area contributed by atoms with Crippen LogP contribution in [0.15, 0.2) is 121 Å². The van der Waals surface area contributed by atoms with E-state index in [-0.39, 0.29) is 13.7 Å². The fourth-order valence-corrected chi connectivity index (χ4v) is 10.7. The first kappa shape index (κ1) is 24.4. The Morgan fingerprint density at radius 2 is 0.812 bits per heavy atom. The summed E-state index contributed by atoms with van der Waals surface area (Å²) in [5.74, 6) is 0. The molecule has 0 fully saturated rings. The Kier molecular flexibility index (Phi) is 4.00. The van der Waals surface area contributed by atoms with Gasteiger partial charge in [-0.15, -0.1) is 0 Å². The Hall–Kier alpha value is -5.73. The second-order valence-corrected chi connectivity index (χ2v) is 14.5. The summed E-state index contributed by atoms with van der Waals surface area (Å²) in [4.78, 5) is 0. The van der Waals surface area contributed by atoms with Crippen LogP contribution in [-0.2, 0) is 0 Å². The van der Waals surface area contributed by atoms with E-state index in [2.05, 4.69) is 144 Å². The van der Waals surface area contributed by atoms with Gasteiger partial charge in [-0.3, -0.25) is 0 Å². The number of para-hydroxylation sites is 2. The molecule has 9 aromatic rings. The van der Waals surface area contributed by atoms with Gasteiger partial charge in [-0.25, -0.2) is 0 Å². The van der Waals surface area contributed by atoms with Crippen LogP contribution < -0.4 is 21.9 Å². The first-order valence-corrected chi connectivity index (χ1v) is 17.2. The van der Waals surface area contributed by atoms with Gasteiger partial charge >= 0.3 is 13.7 Å². The van der Waals surface area contributed by atoms with Gasteiger partial charge in [-0.2, -0.15) is 0 Å². The fourth-order valence-electron chi connectivity index (χ4n) is 10.7. The van der Waals surface area contributed by atoms with Gasteiger partial charge in [0.15, 0.2) is 0 Å². The van der Waals surface area contributed by atoms with Crippen LogP contribution in [0, 0.1) is 13.8 Å². The molecule has 2 aromatic heterocycles. The molecular formula is C44H26B2N2. The van der Waals surface area contributed by atoms with Gasteiger partial charge < -0.3 is 8.96 Å². The molecule has 7 aromatic carbocycles. The molecule has 0 atom stereocenters. The fraction of sp³-hybridized carbons (Fsp3) is 0.0455. The van der Waals surface area contributed by atoms with Crippen molar-refractivity contribution in [1.29, 1.82) is 0 Å². The van der Waals surface area contributed by atoms with E-state index >= 15 is 0 Å². The molecule has 0 bridgehead atoms. The summed E-state index contributed by atoms with van der Waals surface area (Å²) >= 11 is 0. The SMILES string of the molecule is Cc1cc2c3c(c1)-c1c4c5ccccc5n5c4c(c4c6ccccc6n(c14)B3c1ccccc1-2)-c1cc(C)cc2c1B5c1ccccc1-2. The number of nitrogens with zero attached hydrogens (tertiary/aromatic N) is 2. The van der Waals surface area contributed by atoms with Crippen molar-refractivity contribution in [2.24, 2.45) is 0 Å². The molecule has 4 heteroatoms. The largest absolute Gasteiger partial charge is 0.375 e. The Bertz CT molecular complexity index is 2840. The molecule has 4 aliphatic heterocycles. The molecule has 0 radical (unpaired) electrons. The Balaban J connectivity index is 1.38. The highest BCUT2D eigenvalue weighted by Gasteiger charge is 2.47. The van der Waals surface area contributed by atoms with E-state index in [4.69, 9.17) is 0 Å². The Morgan fingerprint density at radius 1 is 0.417 bits per heavy atom. The van der Waals surface area contributed by atoms with Crippen molar-refractivity contribution < 1.29 is 0 Å². The highest BCUT2D eigenvalue weighted by atomic mass is 15.0. The zero-order valence-electron chi connectivity index (χ0n) is 26.6. The van der Waals surface area contributed by atoms with Crippen molar-refractivity contribution in [3.05, 3.63) is 132 Å². The maximum atomic E-state index is 2.73. The van der Waals surface area contributed by atoms with E-state index in [0.29, 0.717) is 0 Å². The van der Waals surface area contributed by atoms with E-state index in [9.17, 15) is 0 Å². The molecule has 0 saturated carbocycles. The monoisotopic (exact) mass is 604 g/mol. The maximum absolute atomic E-state index is 2.73. The zero-order valence-corrected chi connectivity index (χ0v) is 26.6. The van der Waals surface area contributed by atoms with Crippen molar-refractivity contribution in [3.8, 4) is 44.5 Å². The molecule has 218 valence electrons. The van der Waals surface area contributed by atoms with Crippen LogP contribution in [0.4, 0.5) is 0 Å². The average Bonchev–Trinajstić information content (AvgIpc) is 3.83. The minimum Gasteiger partial charge on any atom is -0.375 e. The van der Waals surface area contributed by atoms with Gasteiger partial charge in [0.05, 0.1) is 0 Å². The van der Waals surface area contributed by atoms with Crippen LogP contribution in [0.1, 0.15) is 11.1 Å². The molecular weight excluding hydrogens is 578 g/mol. The summed E-state index contributed by atoms with van der Waals surface area (Å²) in [5, 5.41) is 5.50. The van der Waals surface area contributed by atoms with Gasteiger partial charge in [-0.1, -0.05) is 109 Å². The Labute approximate surface area is 278 Å². The molecule has 0 unspecified atom stereocenters. The summed E-state index contributed by atoms with van der Waals surface area (Å²) in [6.45, 7) is 4.84.